The van der Waals surface area contributed by atoms with Crippen molar-refractivity contribution in [2.75, 3.05) is 0 Å². The van der Waals surface area contributed by atoms with E-state index >= 15 is 0 Å². The highest BCUT2D eigenvalue weighted by atomic mass is 16.3. The fourth-order valence-electron chi connectivity index (χ4n) is 2.43. The summed E-state index contributed by atoms with van der Waals surface area (Å²) in [6.45, 7) is 6.12. The average molecular weight is 280 g/mol. The number of nitriles is 1. The second-order valence-electron chi connectivity index (χ2n) is 5.41. The zero-order valence-corrected chi connectivity index (χ0v) is 12.6. The van der Waals surface area contributed by atoms with Crippen LogP contribution in [0.4, 0.5) is 0 Å². The lowest BCUT2D eigenvalue weighted by Crippen LogP contribution is -2.22. The summed E-state index contributed by atoms with van der Waals surface area (Å²) in [6, 6.07) is 15.5. The van der Waals surface area contributed by atoms with E-state index in [9.17, 15) is 5.11 Å². The summed E-state index contributed by atoms with van der Waals surface area (Å²) in [5, 5.41) is 22.3. The maximum Gasteiger partial charge on any atom is 0.120 e. The first kappa shape index (κ1) is 15.1. The number of benzene rings is 2. The van der Waals surface area contributed by atoms with Crippen LogP contribution in [0.25, 0.3) is 0 Å². The minimum absolute atomic E-state index is 0.0375. The Balaban J connectivity index is 2.12. The highest BCUT2D eigenvalue weighted by molar-refractivity contribution is 5.38. The molecule has 0 amide bonds. The molecule has 0 spiro atoms. The Morgan fingerprint density at radius 1 is 1.05 bits per heavy atom. The number of aryl methyl sites for hydroxylation is 1. The van der Waals surface area contributed by atoms with Crippen LogP contribution in [0.2, 0.25) is 0 Å². The Bertz CT molecular complexity index is 656. The van der Waals surface area contributed by atoms with Crippen LogP contribution in [0.15, 0.2) is 42.5 Å². The Labute approximate surface area is 125 Å². The second-order valence-corrected chi connectivity index (χ2v) is 5.41. The van der Waals surface area contributed by atoms with Crippen LogP contribution >= 0.6 is 0 Å². The monoisotopic (exact) mass is 280 g/mol. The fraction of sp³-hybridized carbons (Fsp3) is 0.278. The molecule has 0 saturated heterocycles. The van der Waals surface area contributed by atoms with Crippen LogP contribution in [0, 0.1) is 18.3 Å². The van der Waals surface area contributed by atoms with Crippen LogP contribution in [-0.2, 0) is 0 Å². The van der Waals surface area contributed by atoms with E-state index < -0.39 is 0 Å². The molecule has 0 fully saturated rings. The maximum absolute atomic E-state index is 9.98. The number of nitrogens with zero attached hydrogens (tertiary/aromatic N) is 1. The highest BCUT2D eigenvalue weighted by Crippen LogP contribution is 2.27. The number of phenols is 1. The van der Waals surface area contributed by atoms with Gasteiger partial charge in [-0.05, 0) is 44.5 Å². The van der Waals surface area contributed by atoms with Crippen LogP contribution in [0.1, 0.15) is 48.2 Å². The molecule has 0 bridgehead atoms. The van der Waals surface area contributed by atoms with Gasteiger partial charge in [0.1, 0.15) is 5.75 Å². The molecule has 2 rings (SSSR count). The molecule has 0 aliphatic carbocycles. The van der Waals surface area contributed by atoms with Gasteiger partial charge in [-0.1, -0.05) is 29.8 Å². The lowest BCUT2D eigenvalue weighted by atomic mass is 10.0. The zero-order chi connectivity index (χ0) is 15.4. The standard InChI is InChI=1S/C18H20N2O/c1-12-4-9-18(21)17(10-12)14(3)20-13(2)16-7-5-15(11-19)6-8-16/h4-10,13-14,20-21H,1-3H3. The third-order valence-electron chi connectivity index (χ3n) is 3.69. The first-order chi connectivity index (χ1) is 10.0. The first-order valence-electron chi connectivity index (χ1n) is 7.07. The smallest absolute Gasteiger partial charge is 0.120 e. The summed E-state index contributed by atoms with van der Waals surface area (Å²) in [4.78, 5) is 0. The van der Waals surface area contributed by atoms with Gasteiger partial charge in [-0.2, -0.15) is 5.26 Å². The zero-order valence-electron chi connectivity index (χ0n) is 12.6. The van der Waals surface area contributed by atoms with Gasteiger partial charge < -0.3 is 10.4 Å². The van der Waals surface area contributed by atoms with Crippen molar-refractivity contribution in [2.24, 2.45) is 0 Å². The third kappa shape index (κ3) is 3.62. The minimum Gasteiger partial charge on any atom is -0.508 e. The number of aromatic hydroxyl groups is 1. The molecule has 2 aromatic carbocycles. The summed E-state index contributed by atoms with van der Waals surface area (Å²) < 4.78 is 0. The van der Waals surface area contributed by atoms with Crippen LogP contribution in [0.3, 0.4) is 0 Å². The second kappa shape index (κ2) is 6.43. The normalized spacial score (nSPS) is 13.4. The van der Waals surface area contributed by atoms with E-state index in [1.165, 1.54) is 0 Å². The molecule has 2 unspecified atom stereocenters. The fourth-order valence-corrected chi connectivity index (χ4v) is 2.43. The molecular formula is C18H20N2O. The van der Waals surface area contributed by atoms with Crippen molar-refractivity contribution < 1.29 is 5.11 Å². The topological polar surface area (TPSA) is 56.0 Å². The van der Waals surface area contributed by atoms with Gasteiger partial charge in [0, 0.05) is 17.6 Å². The lowest BCUT2D eigenvalue weighted by Gasteiger charge is -2.22. The van der Waals surface area contributed by atoms with E-state index in [1.807, 2.05) is 50.2 Å². The quantitative estimate of drug-likeness (QED) is 0.890. The average Bonchev–Trinajstić information content (AvgIpc) is 2.49. The molecule has 0 aliphatic heterocycles. The number of hydrogen-bond acceptors (Lipinski definition) is 3. The number of rotatable bonds is 4. The van der Waals surface area contributed by atoms with Gasteiger partial charge in [-0.25, -0.2) is 0 Å². The number of hydrogen-bond donors (Lipinski definition) is 2. The maximum atomic E-state index is 9.98. The first-order valence-corrected chi connectivity index (χ1v) is 7.07. The van der Waals surface area contributed by atoms with Crippen molar-refractivity contribution >= 4 is 0 Å². The van der Waals surface area contributed by atoms with Gasteiger partial charge in [0.2, 0.25) is 0 Å². The number of nitrogens with one attached hydrogen (secondary N) is 1. The van der Waals surface area contributed by atoms with Crippen LogP contribution < -0.4 is 5.32 Å². The van der Waals surface area contributed by atoms with Crippen molar-refractivity contribution in [3.63, 3.8) is 0 Å². The van der Waals surface area contributed by atoms with Crippen molar-refractivity contribution in [3.8, 4) is 11.8 Å². The molecule has 108 valence electrons. The minimum atomic E-state index is 0.0375. The van der Waals surface area contributed by atoms with Gasteiger partial charge in [-0.3, -0.25) is 0 Å². The van der Waals surface area contributed by atoms with Crippen molar-refractivity contribution in [3.05, 3.63) is 64.7 Å². The van der Waals surface area contributed by atoms with E-state index in [0.717, 1.165) is 16.7 Å². The van der Waals surface area contributed by atoms with E-state index in [1.54, 1.807) is 6.07 Å². The molecule has 3 heteroatoms. The molecule has 2 atom stereocenters. The molecule has 0 aliphatic rings. The number of phenolic OH excluding ortho intramolecular Hbond substituents is 1. The third-order valence-corrected chi connectivity index (χ3v) is 3.69. The highest BCUT2D eigenvalue weighted by Gasteiger charge is 2.14. The largest absolute Gasteiger partial charge is 0.508 e. The van der Waals surface area contributed by atoms with Gasteiger partial charge in [0.05, 0.1) is 11.6 Å². The van der Waals surface area contributed by atoms with Crippen LogP contribution in [0.5, 0.6) is 5.75 Å². The Hall–Kier alpha value is -2.31. The lowest BCUT2D eigenvalue weighted by molar-refractivity contribution is 0.438. The molecule has 0 saturated carbocycles. The SMILES string of the molecule is Cc1ccc(O)c(C(C)NC(C)c2ccc(C#N)cc2)c1. The molecular weight excluding hydrogens is 260 g/mol. The Morgan fingerprint density at radius 3 is 2.33 bits per heavy atom. The molecule has 0 radical (unpaired) electrons. The predicted molar refractivity (Wildman–Crippen MR) is 84.0 cm³/mol. The summed E-state index contributed by atoms with van der Waals surface area (Å²) in [6.07, 6.45) is 0. The van der Waals surface area contributed by atoms with Crippen LogP contribution in [-0.4, -0.2) is 5.11 Å². The molecule has 0 aromatic heterocycles. The van der Waals surface area contributed by atoms with Gasteiger partial charge in [0.25, 0.3) is 0 Å². The molecule has 21 heavy (non-hydrogen) atoms. The Morgan fingerprint density at radius 2 is 1.71 bits per heavy atom. The van der Waals surface area contributed by atoms with Crippen molar-refractivity contribution in [2.45, 2.75) is 32.9 Å². The van der Waals surface area contributed by atoms with E-state index in [4.69, 9.17) is 5.26 Å². The van der Waals surface area contributed by atoms with E-state index in [2.05, 4.69) is 18.3 Å². The van der Waals surface area contributed by atoms with Crippen molar-refractivity contribution in [1.29, 1.82) is 5.26 Å². The van der Waals surface area contributed by atoms with Gasteiger partial charge in [0.15, 0.2) is 0 Å². The summed E-state index contributed by atoms with van der Waals surface area (Å²) in [5.41, 5.74) is 3.81. The van der Waals surface area contributed by atoms with Gasteiger partial charge in [-0.15, -0.1) is 0 Å². The van der Waals surface area contributed by atoms with Crippen molar-refractivity contribution in [1.82, 2.24) is 5.32 Å². The summed E-state index contributed by atoms with van der Waals surface area (Å²) >= 11 is 0. The molecule has 2 aromatic rings. The molecule has 3 nitrogen and oxygen atoms in total. The summed E-state index contributed by atoms with van der Waals surface area (Å²) in [5.74, 6) is 0.313. The van der Waals surface area contributed by atoms with Gasteiger partial charge >= 0.3 is 0 Å². The predicted octanol–water partition coefficient (Wildman–Crippen LogP) is 3.98. The van der Waals surface area contributed by atoms with E-state index in [0.29, 0.717) is 11.3 Å². The Kier molecular flexibility index (Phi) is 4.62. The molecule has 0 heterocycles. The molecule has 2 N–H and O–H groups in total. The summed E-state index contributed by atoms with van der Waals surface area (Å²) in [7, 11) is 0. The van der Waals surface area contributed by atoms with E-state index in [-0.39, 0.29) is 12.1 Å².